The molecule has 4 heteroatoms. The molecule has 0 aromatic carbocycles. The van der Waals surface area contributed by atoms with Crippen LogP contribution in [0.15, 0.2) is 18.3 Å². The van der Waals surface area contributed by atoms with E-state index in [4.69, 9.17) is 5.73 Å². The van der Waals surface area contributed by atoms with Gasteiger partial charge < -0.3 is 11.1 Å². The van der Waals surface area contributed by atoms with Gasteiger partial charge in [0.15, 0.2) is 0 Å². The van der Waals surface area contributed by atoms with E-state index in [-0.39, 0.29) is 0 Å². The smallest absolute Gasteiger partial charge is 0.252 e. The number of aromatic nitrogens is 1. The van der Waals surface area contributed by atoms with Crippen molar-refractivity contribution in [1.29, 1.82) is 0 Å². The Morgan fingerprint density at radius 3 is 2.88 bits per heavy atom. The van der Waals surface area contributed by atoms with Crippen molar-refractivity contribution < 1.29 is 4.79 Å². The monoisotopic (exact) mass is 233 g/mol. The molecule has 0 bridgehead atoms. The molecule has 0 atom stereocenters. The highest BCUT2D eigenvalue weighted by atomic mass is 16.1. The van der Waals surface area contributed by atoms with Crippen molar-refractivity contribution in [2.75, 3.05) is 11.9 Å². The molecular formula is C13H19N3O. The first-order chi connectivity index (χ1) is 8.27. The maximum Gasteiger partial charge on any atom is 0.252 e. The molecule has 4 nitrogen and oxygen atoms in total. The number of hydrogen-bond donors (Lipinski definition) is 2. The van der Waals surface area contributed by atoms with Gasteiger partial charge in [-0.1, -0.05) is 19.3 Å². The van der Waals surface area contributed by atoms with Crippen molar-refractivity contribution in [1.82, 2.24) is 4.98 Å². The van der Waals surface area contributed by atoms with E-state index >= 15 is 0 Å². The normalized spacial score (nSPS) is 16.7. The summed E-state index contributed by atoms with van der Waals surface area (Å²) in [5, 5.41) is 3.25. The Kier molecular flexibility index (Phi) is 3.96. The third-order valence-corrected chi connectivity index (χ3v) is 3.36. The van der Waals surface area contributed by atoms with E-state index < -0.39 is 5.91 Å². The Balaban J connectivity index is 1.96. The van der Waals surface area contributed by atoms with E-state index in [1.54, 1.807) is 18.3 Å². The third kappa shape index (κ3) is 3.19. The SMILES string of the molecule is NC(=O)c1cccnc1NCC1CCCCC1. The zero-order valence-electron chi connectivity index (χ0n) is 9.98. The molecule has 3 N–H and O–H groups in total. The van der Waals surface area contributed by atoms with Crippen LogP contribution in [0.1, 0.15) is 42.5 Å². The summed E-state index contributed by atoms with van der Waals surface area (Å²) in [5.74, 6) is 0.890. The second-order valence-corrected chi connectivity index (χ2v) is 4.65. The number of amides is 1. The Morgan fingerprint density at radius 1 is 1.41 bits per heavy atom. The lowest BCUT2D eigenvalue weighted by Crippen LogP contribution is -2.20. The molecule has 1 aliphatic rings. The van der Waals surface area contributed by atoms with Crippen LogP contribution in [-0.4, -0.2) is 17.4 Å². The molecule has 2 rings (SSSR count). The second-order valence-electron chi connectivity index (χ2n) is 4.65. The van der Waals surface area contributed by atoms with Gasteiger partial charge in [0.1, 0.15) is 5.82 Å². The molecule has 0 spiro atoms. The molecule has 0 saturated heterocycles. The second kappa shape index (κ2) is 5.66. The zero-order valence-corrected chi connectivity index (χ0v) is 9.98. The van der Waals surface area contributed by atoms with Gasteiger partial charge in [-0.25, -0.2) is 4.98 Å². The predicted octanol–water partition coefficient (Wildman–Crippen LogP) is 2.17. The number of primary amides is 1. The molecule has 0 aliphatic heterocycles. The summed E-state index contributed by atoms with van der Waals surface area (Å²) < 4.78 is 0. The van der Waals surface area contributed by atoms with Crippen LogP contribution in [0.3, 0.4) is 0 Å². The highest BCUT2D eigenvalue weighted by molar-refractivity contribution is 5.97. The van der Waals surface area contributed by atoms with Gasteiger partial charge in [-0.15, -0.1) is 0 Å². The van der Waals surface area contributed by atoms with Crippen molar-refractivity contribution in [2.45, 2.75) is 32.1 Å². The van der Waals surface area contributed by atoms with Gasteiger partial charge in [-0.05, 0) is 30.9 Å². The number of nitrogens with zero attached hydrogens (tertiary/aromatic N) is 1. The van der Waals surface area contributed by atoms with Gasteiger partial charge in [-0.3, -0.25) is 4.79 Å². The van der Waals surface area contributed by atoms with E-state index in [0.29, 0.717) is 17.3 Å². The highest BCUT2D eigenvalue weighted by Gasteiger charge is 2.14. The number of rotatable bonds is 4. The first-order valence-electron chi connectivity index (χ1n) is 6.26. The lowest BCUT2D eigenvalue weighted by atomic mass is 9.89. The van der Waals surface area contributed by atoms with Crippen LogP contribution in [0, 0.1) is 5.92 Å². The molecule has 1 saturated carbocycles. The van der Waals surface area contributed by atoms with Crippen molar-refractivity contribution in [3.63, 3.8) is 0 Å². The number of hydrogen-bond acceptors (Lipinski definition) is 3. The minimum atomic E-state index is -0.427. The zero-order chi connectivity index (χ0) is 12.1. The average molecular weight is 233 g/mol. The van der Waals surface area contributed by atoms with Crippen LogP contribution < -0.4 is 11.1 Å². The summed E-state index contributed by atoms with van der Waals surface area (Å²) in [6, 6.07) is 3.43. The number of nitrogens with two attached hydrogens (primary N) is 1. The van der Waals surface area contributed by atoms with Crippen molar-refractivity contribution in [2.24, 2.45) is 11.7 Å². The Hall–Kier alpha value is -1.58. The van der Waals surface area contributed by atoms with E-state index in [2.05, 4.69) is 10.3 Å². The number of anilines is 1. The topological polar surface area (TPSA) is 68.0 Å². The van der Waals surface area contributed by atoms with Gasteiger partial charge in [0, 0.05) is 12.7 Å². The van der Waals surface area contributed by atoms with Crippen LogP contribution in [-0.2, 0) is 0 Å². The summed E-state index contributed by atoms with van der Waals surface area (Å²) in [5.41, 5.74) is 5.78. The maximum absolute atomic E-state index is 11.2. The Morgan fingerprint density at radius 2 is 2.18 bits per heavy atom. The summed E-state index contributed by atoms with van der Waals surface area (Å²) in [7, 11) is 0. The average Bonchev–Trinajstić information content (AvgIpc) is 2.38. The minimum absolute atomic E-state index is 0.427. The molecule has 0 radical (unpaired) electrons. The molecule has 17 heavy (non-hydrogen) atoms. The maximum atomic E-state index is 11.2. The van der Waals surface area contributed by atoms with Gasteiger partial charge in [-0.2, -0.15) is 0 Å². The van der Waals surface area contributed by atoms with Crippen LogP contribution in [0.2, 0.25) is 0 Å². The summed E-state index contributed by atoms with van der Waals surface area (Å²) in [6.07, 6.45) is 8.20. The number of carbonyl (C=O) groups excluding carboxylic acids is 1. The van der Waals surface area contributed by atoms with E-state index in [0.717, 1.165) is 6.54 Å². The molecule has 1 aromatic rings. The Bertz CT molecular complexity index is 386. The number of carbonyl (C=O) groups is 1. The Labute approximate surface area is 102 Å². The van der Waals surface area contributed by atoms with Gasteiger partial charge in [0.05, 0.1) is 5.56 Å². The van der Waals surface area contributed by atoms with E-state index in [1.807, 2.05) is 0 Å². The lowest BCUT2D eigenvalue weighted by Gasteiger charge is -2.22. The largest absolute Gasteiger partial charge is 0.369 e. The highest BCUT2D eigenvalue weighted by Crippen LogP contribution is 2.24. The quantitative estimate of drug-likeness (QED) is 0.837. The molecule has 1 amide bonds. The standard InChI is InChI=1S/C13H19N3O/c14-12(17)11-7-4-8-15-13(11)16-9-10-5-2-1-3-6-10/h4,7-8,10H,1-3,5-6,9H2,(H2,14,17)(H,15,16). The van der Waals surface area contributed by atoms with Gasteiger partial charge in [0.2, 0.25) is 0 Å². The van der Waals surface area contributed by atoms with Crippen molar-refractivity contribution in [3.05, 3.63) is 23.9 Å². The summed E-state index contributed by atoms with van der Waals surface area (Å²) in [6.45, 7) is 0.886. The summed E-state index contributed by atoms with van der Waals surface area (Å²) in [4.78, 5) is 15.4. The molecule has 0 unspecified atom stereocenters. The first kappa shape index (κ1) is 11.9. The van der Waals surface area contributed by atoms with Crippen molar-refractivity contribution in [3.8, 4) is 0 Å². The third-order valence-electron chi connectivity index (χ3n) is 3.36. The van der Waals surface area contributed by atoms with Crippen LogP contribution in [0.4, 0.5) is 5.82 Å². The molecule has 1 aliphatic carbocycles. The fourth-order valence-electron chi connectivity index (χ4n) is 2.38. The van der Waals surface area contributed by atoms with Crippen LogP contribution in [0.25, 0.3) is 0 Å². The molecular weight excluding hydrogens is 214 g/mol. The fraction of sp³-hybridized carbons (Fsp3) is 0.538. The predicted molar refractivity (Wildman–Crippen MR) is 67.8 cm³/mol. The van der Waals surface area contributed by atoms with E-state index in [9.17, 15) is 4.79 Å². The van der Waals surface area contributed by atoms with Crippen molar-refractivity contribution >= 4 is 11.7 Å². The molecule has 1 aromatic heterocycles. The van der Waals surface area contributed by atoms with Crippen LogP contribution >= 0.6 is 0 Å². The van der Waals surface area contributed by atoms with E-state index in [1.165, 1.54) is 32.1 Å². The first-order valence-corrected chi connectivity index (χ1v) is 6.26. The molecule has 92 valence electrons. The lowest BCUT2D eigenvalue weighted by molar-refractivity contribution is 0.100. The van der Waals surface area contributed by atoms with Crippen LogP contribution in [0.5, 0.6) is 0 Å². The molecule has 1 heterocycles. The number of pyridine rings is 1. The van der Waals surface area contributed by atoms with Gasteiger partial charge >= 0.3 is 0 Å². The summed E-state index contributed by atoms with van der Waals surface area (Å²) >= 11 is 0. The minimum Gasteiger partial charge on any atom is -0.369 e. The number of nitrogens with one attached hydrogen (secondary N) is 1. The molecule has 1 fully saturated rings. The van der Waals surface area contributed by atoms with Gasteiger partial charge in [0.25, 0.3) is 5.91 Å². The fourth-order valence-corrected chi connectivity index (χ4v) is 2.38.